The SMILES string of the molecule is COc1ccccc1Oc1c(OC)nc(-c2ccncc2)nc1-c1cc(C)cnc1S(N)(=O)=O. The molecule has 1 aromatic carbocycles. The number of aromatic nitrogens is 4. The van der Waals surface area contributed by atoms with Crippen molar-refractivity contribution in [3.8, 4) is 45.8 Å². The number of para-hydroxylation sites is 2. The van der Waals surface area contributed by atoms with Crippen LogP contribution in [0.5, 0.6) is 23.1 Å². The second kappa shape index (κ2) is 9.41. The molecule has 0 radical (unpaired) electrons. The first-order valence-corrected chi connectivity index (χ1v) is 11.5. The average Bonchev–Trinajstić information content (AvgIpc) is 2.84. The first kappa shape index (κ1) is 23.1. The van der Waals surface area contributed by atoms with Gasteiger partial charge in [0.15, 0.2) is 22.3 Å². The highest BCUT2D eigenvalue weighted by molar-refractivity contribution is 7.89. The van der Waals surface area contributed by atoms with Gasteiger partial charge < -0.3 is 14.2 Å². The van der Waals surface area contributed by atoms with Gasteiger partial charge in [-0.3, -0.25) is 4.98 Å². The third kappa shape index (κ3) is 4.65. The molecule has 0 amide bonds. The second-order valence-corrected chi connectivity index (χ2v) is 8.61. The first-order chi connectivity index (χ1) is 16.3. The molecule has 2 N–H and O–H groups in total. The summed E-state index contributed by atoms with van der Waals surface area (Å²) in [5.41, 5.74) is 1.60. The number of hydrogen-bond acceptors (Lipinski definition) is 9. The van der Waals surface area contributed by atoms with Crippen LogP contribution in [0.25, 0.3) is 22.6 Å². The number of rotatable bonds is 7. The number of nitrogens with zero attached hydrogens (tertiary/aromatic N) is 4. The minimum absolute atomic E-state index is 0.0714. The summed E-state index contributed by atoms with van der Waals surface area (Å²) in [4.78, 5) is 17.2. The lowest BCUT2D eigenvalue weighted by molar-refractivity contribution is 0.347. The standard InChI is InChI=1S/C23H21N5O5S/c1-14-12-16(23(26-13-14)34(24,29)30)19-20(33-18-7-5-4-6-17(18)31-2)22(32-3)28-21(27-19)15-8-10-25-11-9-15/h4-13H,1-3H3,(H2,24,29,30). The van der Waals surface area contributed by atoms with Crippen molar-refractivity contribution >= 4 is 10.0 Å². The van der Waals surface area contributed by atoms with Crippen molar-refractivity contribution in [2.24, 2.45) is 5.14 Å². The lowest BCUT2D eigenvalue weighted by atomic mass is 10.1. The Kier molecular flexibility index (Phi) is 6.39. The summed E-state index contributed by atoms with van der Waals surface area (Å²) in [5.74, 6) is 1.21. The third-order valence-electron chi connectivity index (χ3n) is 4.76. The van der Waals surface area contributed by atoms with E-state index < -0.39 is 10.0 Å². The Morgan fingerprint density at radius 3 is 2.29 bits per heavy atom. The number of methoxy groups -OCH3 is 2. The van der Waals surface area contributed by atoms with Crippen LogP contribution in [0.1, 0.15) is 5.56 Å². The van der Waals surface area contributed by atoms with E-state index in [4.69, 9.17) is 19.3 Å². The van der Waals surface area contributed by atoms with Crippen molar-refractivity contribution in [3.05, 3.63) is 66.6 Å². The summed E-state index contributed by atoms with van der Waals surface area (Å²) in [5, 5.41) is 5.12. The maximum Gasteiger partial charge on any atom is 0.261 e. The molecule has 3 aromatic heterocycles. The molecule has 0 aliphatic rings. The molecule has 3 heterocycles. The number of nitrogens with two attached hydrogens (primary N) is 1. The summed E-state index contributed by atoms with van der Waals surface area (Å²) in [6.07, 6.45) is 4.59. The van der Waals surface area contributed by atoms with Gasteiger partial charge in [-0.25, -0.2) is 23.5 Å². The van der Waals surface area contributed by atoms with Gasteiger partial charge in [0.1, 0.15) is 5.69 Å². The summed E-state index contributed by atoms with van der Waals surface area (Å²) in [6, 6.07) is 12.0. The highest BCUT2D eigenvalue weighted by Gasteiger charge is 2.27. The Morgan fingerprint density at radius 2 is 1.65 bits per heavy atom. The van der Waals surface area contributed by atoms with E-state index in [9.17, 15) is 8.42 Å². The predicted octanol–water partition coefficient (Wildman–Crippen LogP) is 3.37. The van der Waals surface area contributed by atoms with Crippen molar-refractivity contribution in [3.63, 3.8) is 0 Å². The normalized spacial score (nSPS) is 11.2. The van der Waals surface area contributed by atoms with Crippen molar-refractivity contribution in [1.82, 2.24) is 19.9 Å². The number of pyridine rings is 2. The van der Waals surface area contributed by atoms with Crippen LogP contribution >= 0.6 is 0 Å². The Bertz CT molecular complexity index is 1450. The van der Waals surface area contributed by atoms with Crippen LogP contribution < -0.4 is 19.3 Å². The van der Waals surface area contributed by atoms with E-state index in [1.54, 1.807) is 61.8 Å². The Labute approximate surface area is 196 Å². The number of sulfonamides is 1. The minimum atomic E-state index is -4.20. The van der Waals surface area contributed by atoms with Crippen LogP contribution in [0.15, 0.2) is 66.1 Å². The maximum atomic E-state index is 12.4. The molecule has 10 nitrogen and oxygen atoms in total. The van der Waals surface area contributed by atoms with Crippen LogP contribution in [0.3, 0.4) is 0 Å². The van der Waals surface area contributed by atoms with Gasteiger partial charge in [0.25, 0.3) is 15.9 Å². The van der Waals surface area contributed by atoms with Gasteiger partial charge in [0.2, 0.25) is 5.75 Å². The Balaban J connectivity index is 2.05. The highest BCUT2D eigenvalue weighted by Crippen LogP contribution is 2.43. The topological polar surface area (TPSA) is 139 Å². The molecule has 0 bridgehead atoms. The van der Waals surface area contributed by atoms with Gasteiger partial charge in [0.05, 0.1) is 14.2 Å². The predicted molar refractivity (Wildman–Crippen MR) is 124 cm³/mol. The molecule has 0 saturated heterocycles. The van der Waals surface area contributed by atoms with Gasteiger partial charge in [-0.1, -0.05) is 12.1 Å². The zero-order valence-corrected chi connectivity index (χ0v) is 19.4. The molecule has 0 unspecified atom stereocenters. The fourth-order valence-corrected chi connectivity index (χ4v) is 3.90. The second-order valence-electron chi connectivity index (χ2n) is 7.13. The zero-order chi connectivity index (χ0) is 24.3. The number of primary sulfonamides is 1. The largest absolute Gasteiger partial charge is 0.493 e. The molecular formula is C23H21N5O5S. The average molecular weight is 480 g/mol. The van der Waals surface area contributed by atoms with Crippen molar-refractivity contribution in [1.29, 1.82) is 0 Å². The van der Waals surface area contributed by atoms with Crippen molar-refractivity contribution in [2.75, 3.05) is 14.2 Å². The summed E-state index contributed by atoms with van der Waals surface area (Å²) >= 11 is 0. The smallest absolute Gasteiger partial charge is 0.261 e. The monoisotopic (exact) mass is 479 g/mol. The molecule has 4 rings (SSSR count). The van der Waals surface area contributed by atoms with E-state index >= 15 is 0 Å². The van der Waals surface area contributed by atoms with Crippen LogP contribution in [0.2, 0.25) is 0 Å². The molecule has 0 aliphatic carbocycles. The molecule has 0 saturated carbocycles. The van der Waals surface area contributed by atoms with Crippen LogP contribution in [-0.2, 0) is 10.0 Å². The third-order valence-corrected chi connectivity index (χ3v) is 5.62. The van der Waals surface area contributed by atoms with Crippen LogP contribution in [0, 0.1) is 6.92 Å². The van der Waals surface area contributed by atoms with Gasteiger partial charge in [-0.2, -0.15) is 4.98 Å². The van der Waals surface area contributed by atoms with E-state index in [-0.39, 0.29) is 33.7 Å². The molecule has 11 heteroatoms. The summed E-state index contributed by atoms with van der Waals surface area (Å²) < 4.78 is 41.9. The molecule has 34 heavy (non-hydrogen) atoms. The quantitative estimate of drug-likeness (QED) is 0.422. The van der Waals surface area contributed by atoms with Crippen molar-refractivity contribution < 1.29 is 22.6 Å². The van der Waals surface area contributed by atoms with Gasteiger partial charge >= 0.3 is 0 Å². The Morgan fingerprint density at radius 1 is 0.941 bits per heavy atom. The number of benzene rings is 1. The summed E-state index contributed by atoms with van der Waals surface area (Å²) in [6.45, 7) is 1.77. The molecule has 4 aromatic rings. The van der Waals surface area contributed by atoms with Gasteiger partial charge in [0, 0.05) is 29.7 Å². The van der Waals surface area contributed by atoms with Gasteiger partial charge in [-0.05, 0) is 42.8 Å². The number of ether oxygens (including phenoxy) is 3. The molecule has 0 fully saturated rings. The molecular weight excluding hydrogens is 458 g/mol. The number of hydrogen-bond donors (Lipinski definition) is 1. The van der Waals surface area contributed by atoms with E-state index in [0.29, 0.717) is 22.6 Å². The van der Waals surface area contributed by atoms with E-state index in [1.165, 1.54) is 20.4 Å². The fraction of sp³-hybridized carbons (Fsp3) is 0.130. The lowest BCUT2D eigenvalue weighted by Crippen LogP contribution is -2.16. The van der Waals surface area contributed by atoms with Crippen molar-refractivity contribution in [2.45, 2.75) is 11.9 Å². The fourth-order valence-electron chi connectivity index (χ4n) is 3.24. The number of aryl methyl sites for hydroxylation is 1. The summed E-state index contributed by atoms with van der Waals surface area (Å²) in [7, 11) is -1.27. The molecule has 0 spiro atoms. The molecule has 0 aliphatic heterocycles. The van der Waals surface area contributed by atoms with Gasteiger partial charge in [-0.15, -0.1) is 0 Å². The van der Waals surface area contributed by atoms with E-state index in [0.717, 1.165) is 0 Å². The zero-order valence-electron chi connectivity index (χ0n) is 18.6. The maximum absolute atomic E-state index is 12.4. The van der Waals surface area contributed by atoms with Crippen LogP contribution in [-0.4, -0.2) is 42.6 Å². The first-order valence-electron chi connectivity index (χ1n) is 9.99. The van der Waals surface area contributed by atoms with Crippen LogP contribution in [0.4, 0.5) is 0 Å². The molecule has 0 atom stereocenters. The Hall–Kier alpha value is -4.09. The molecule has 174 valence electrons. The highest BCUT2D eigenvalue weighted by atomic mass is 32.2. The van der Waals surface area contributed by atoms with E-state index in [2.05, 4.69) is 19.9 Å². The minimum Gasteiger partial charge on any atom is -0.493 e. The van der Waals surface area contributed by atoms with E-state index in [1.807, 2.05) is 0 Å². The lowest BCUT2D eigenvalue weighted by Gasteiger charge is -2.17.